The van der Waals surface area contributed by atoms with E-state index in [1.54, 1.807) is 18.2 Å². The van der Waals surface area contributed by atoms with E-state index in [2.05, 4.69) is 10.5 Å². The first-order valence-corrected chi connectivity index (χ1v) is 7.23. The molecule has 0 saturated heterocycles. The maximum absolute atomic E-state index is 12.1. The zero-order valence-corrected chi connectivity index (χ0v) is 12.8. The van der Waals surface area contributed by atoms with E-state index in [4.69, 9.17) is 9.47 Å². The molecule has 1 heterocycles. The highest BCUT2D eigenvalue weighted by Crippen LogP contribution is 2.30. The average molecular weight is 342 g/mol. The number of carbonyl (C=O) groups is 1. The van der Waals surface area contributed by atoms with Crippen molar-refractivity contribution < 1.29 is 24.3 Å². The fourth-order valence-corrected chi connectivity index (χ4v) is 2.18. The minimum absolute atomic E-state index is 0.328. The van der Waals surface area contributed by atoms with Crippen molar-refractivity contribution in [1.29, 1.82) is 0 Å². The number of hydrazone groups is 1. The second-order valence-corrected chi connectivity index (χ2v) is 5.04. The van der Waals surface area contributed by atoms with Crippen LogP contribution in [0.4, 0.5) is 5.69 Å². The first kappa shape index (κ1) is 16.2. The minimum Gasteiger partial charge on any atom is -0.868 e. The topological polar surface area (TPSA) is 126 Å². The Balaban J connectivity index is 1.67. The second-order valence-electron chi connectivity index (χ2n) is 5.04. The number of nitrogens with one attached hydrogen (secondary N) is 1. The van der Waals surface area contributed by atoms with E-state index < -0.39 is 22.3 Å². The summed E-state index contributed by atoms with van der Waals surface area (Å²) in [6.45, 7) is 0.869. The maximum Gasteiger partial charge on any atom is 0.271 e. The number of hydrogen-bond donors (Lipinski definition) is 1. The van der Waals surface area contributed by atoms with Crippen LogP contribution in [0, 0.1) is 10.1 Å². The van der Waals surface area contributed by atoms with E-state index in [0.717, 1.165) is 12.1 Å². The van der Waals surface area contributed by atoms with Crippen molar-refractivity contribution in [2.24, 2.45) is 5.10 Å². The van der Waals surface area contributed by atoms with Crippen LogP contribution in [0.15, 0.2) is 41.5 Å². The molecule has 0 radical (unpaired) electrons. The summed E-state index contributed by atoms with van der Waals surface area (Å²) >= 11 is 0. The van der Waals surface area contributed by atoms with Gasteiger partial charge in [-0.25, -0.2) is 5.43 Å². The van der Waals surface area contributed by atoms with Crippen LogP contribution in [0.2, 0.25) is 0 Å². The smallest absolute Gasteiger partial charge is 0.271 e. The molecule has 1 aliphatic heterocycles. The van der Waals surface area contributed by atoms with Crippen LogP contribution < -0.4 is 20.0 Å². The molecule has 0 aliphatic carbocycles. The molecule has 0 fully saturated rings. The predicted molar refractivity (Wildman–Crippen MR) is 85.0 cm³/mol. The van der Waals surface area contributed by atoms with Crippen molar-refractivity contribution >= 4 is 17.8 Å². The highest BCUT2D eigenvalue weighted by molar-refractivity contribution is 5.95. The normalized spacial score (nSPS) is 12.8. The van der Waals surface area contributed by atoms with Crippen molar-refractivity contribution in [3.8, 4) is 17.2 Å². The van der Waals surface area contributed by atoms with Crippen LogP contribution >= 0.6 is 0 Å². The minimum atomic E-state index is -0.757. The highest BCUT2D eigenvalue weighted by Gasteiger charge is 2.14. The summed E-state index contributed by atoms with van der Waals surface area (Å²) in [6, 6.07) is 8.26. The number of fused-ring (bicyclic) bond motifs is 1. The third kappa shape index (κ3) is 3.66. The zero-order chi connectivity index (χ0) is 17.8. The molecule has 0 unspecified atom stereocenters. The third-order valence-electron chi connectivity index (χ3n) is 3.36. The number of nitro benzene ring substituents is 1. The van der Waals surface area contributed by atoms with Gasteiger partial charge >= 0.3 is 0 Å². The van der Waals surface area contributed by atoms with Gasteiger partial charge in [-0.15, -0.1) is 0 Å². The Labute approximate surface area is 141 Å². The Kier molecular flexibility index (Phi) is 4.46. The fourth-order valence-electron chi connectivity index (χ4n) is 2.18. The van der Waals surface area contributed by atoms with Crippen LogP contribution in [0.5, 0.6) is 17.2 Å². The molecule has 1 aliphatic rings. The Morgan fingerprint density at radius 2 is 1.92 bits per heavy atom. The number of nitro groups is 1. The van der Waals surface area contributed by atoms with Crippen molar-refractivity contribution in [1.82, 2.24) is 5.43 Å². The molecule has 0 spiro atoms. The number of ether oxygens (including phenoxy) is 2. The number of amides is 1. The molecule has 1 amide bonds. The number of nitrogens with zero attached hydrogens (tertiary/aromatic N) is 2. The van der Waals surface area contributed by atoms with Gasteiger partial charge in [0.15, 0.2) is 11.5 Å². The van der Waals surface area contributed by atoms with Gasteiger partial charge in [-0.3, -0.25) is 14.9 Å². The molecular formula is C16H12N3O6-. The van der Waals surface area contributed by atoms with E-state index in [0.29, 0.717) is 35.8 Å². The summed E-state index contributed by atoms with van der Waals surface area (Å²) in [5.41, 5.74) is 2.45. The number of rotatable bonds is 4. The predicted octanol–water partition coefficient (Wildman–Crippen LogP) is 1.20. The van der Waals surface area contributed by atoms with Gasteiger partial charge in [0.25, 0.3) is 11.6 Å². The average Bonchev–Trinajstić information content (AvgIpc) is 2.61. The third-order valence-corrected chi connectivity index (χ3v) is 3.36. The van der Waals surface area contributed by atoms with Crippen LogP contribution in [-0.2, 0) is 0 Å². The lowest BCUT2D eigenvalue weighted by molar-refractivity contribution is -0.398. The molecule has 2 aromatic rings. The van der Waals surface area contributed by atoms with Gasteiger partial charge in [0.1, 0.15) is 13.2 Å². The molecule has 1 N–H and O–H groups in total. The summed E-state index contributed by atoms with van der Waals surface area (Å²) in [7, 11) is 0. The molecule has 2 aromatic carbocycles. The number of benzene rings is 2. The van der Waals surface area contributed by atoms with Crippen LogP contribution in [-0.4, -0.2) is 30.3 Å². The molecule has 25 heavy (non-hydrogen) atoms. The van der Waals surface area contributed by atoms with E-state index >= 15 is 0 Å². The molecule has 9 nitrogen and oxygen atoms in total. The molecular weight excluding hydrogens is 330 g/mol. The second kappa shape index (κ2) is 6.87. The van der Waals surface area contributed by atoms with Gasteiger partial charge < -0.3 is 14.6 Å². The summed E-state index contributed by atoms with van der Waals surface area (Å²) in [5.74, 6) is -0.154. The fraction of sp³-hybridized carbons (Fsp3) is 0.125. The van der Waals surface area contributed by atoms with E-state index in [1.807, 2.05) is 0 Å². The Morgan fingerprint density at radius 1 is 1.16 bits per heavy atom. The lowest BCUT2D eigenvalue weighted by Crippen LogP contribution is -2.19. The zero-order valence-electron chi connectivity index (χ0n) is 12.8. The summed E-state index contributed by atoms with van der Waals surface area (Å²) < 4.78 is 10.8. The van der Waals surface area contributed by atoms with Crippen LogP contribution in [0.1, 0.15) is 15.9 Å². The van der Waals surface area contributed by atoms with Gasteiger partial charge in [-0.1, -0.05) is 6.07 Å². The van der Waals surface area contributed by atoms with Gasteiger partial charge in [0.2, 0.25) is 0 Å². The van der Waals surface area contributed by atoms with E-state index in [-0.39, 0.29) is 0 Å². The number of carbonyl (C=O) groups excluding carboxylic acids is 1. The monoisotopic (exact) mass is 342 g/mol. The highest BCUT2D eigenvalue weighted by atomic mass is 16.6. The van der Waals surface area contributed by atoms with Crippen molar-refractivity contribution in [2.75, 3.05) is 13.2 Å². The standard InChI is InChI=1S/C16H13N3O6/c20-13-7-10(1-3-12(13)19(22)23)9-17-18-16(21)11-2-4-14-15(8-11)25-6-5-24-14/h1-4,7-9,20H,5-6H2,(H,18,21)/p-1/b17-9-. The van der Waals surface area contributed by atoms with Crippen LogP contribution in [0.25, 0.3) is 0 Å². The SMILES string of the molecule is O=C(N/N=C\c1ccc([N+](=O)[O-])c([O-])c1)c1ccc2c(c1)OCCO2. The summed E-state index contributed by atoms with van der Waals surface area (Å²) in [6.07, 6.45) is 1.22. The van der Waals surface area contributed by atoms with Crippen LogP contribution in [0.3, 0.4) is 0 Å². The number of hydrogen-bond acceptors (Lipinski definition) is 7. The Morgan fingerprint density at radius 3 is 2.64 bits per heavy atom. The lowest BCUT2D eigenvalue weighted by atomic mass is 10.2. The van der Waals surface area contributed by atoms with Crippen molar-refractivity contribution in [3.05, 3.63) is 57.6 Å². The molecule has 128 valence electrons. The first-order valence-electron chi connectivity index (χ1n) is 7.23. The molecule has 0 saturated carbocycles. The molecule has 0 bridgehead atoms. The van der Waals surface area contributed by atoms with Crippen molar-refractivity contribution in [2.45, 2.75) is 0 Å². The Hall–Kier alpha value is -3.62. The molecule has 0 atom stereocenters. The van der Waals surface area contributed by atoms with Gasteiger partial charge in [0, 0.05) is 11.6 Å². The first-order chi connectivity index (χ1) is 12.0. The summed E-state index contributed by atoms with van der Waals surface area (Å²) in [5, 5.41) is 25.9. The van der Waals surface area contributed by atoms with E-state index in [1.165, 1.54) is 12.3 Å². The van der Waals surface area contributed by atoms with Gasteiger partial charge in [0.05, 0.1) is 11.1 Å². The Bertz CT molecular complexity index is 865. The maximum atomic E-state index is 12.1. The largest absolute Gasteiger partial charge is 0.868 e. The lowest BCUT2D eigenvalue weighted by Gasteiger charge is -2.18. The van der Waals surface area contributed by atoms with Gasteiger partial charge in [-0.2, -0.15) is 5.10 Å². The molecule has 0 aromatic heterocycles. The van der Waals surface area contributed by atoms with Gasteiger partial charge in [-0.05, 0) is 35.6 Å². The summed E-state index contributed by atoms with van der Waals surface area (Å²) in [4.78, 5) is 21.9. The molecule has 9 heteroatoms. The van der Waals surface area contributed by atoms with E-state index in [9.17, 15) is 20.0 Å². The van der Waals surface area contributed by atoms with Crippen molar-refractivity contribution in [3.63, 3.8) is 0 Å². The quantitative estimate of drug-likeness (QED) is 0.505. The molecule has 3 rings (SSSR count).